The third-order valence-electron chi connectivity index (χ3n) is 6.89. The molecular formula is C24H29N7O4. The van der Waals surface area contributed by atoms with Gasteiger partial charge < -0.3 is 9.42 Å². The fourth-order valence-electron chi connectivity index (χ4n) is 4.95. The molecule has 1 aliphatic carbocycles. The van der Waals surface area contributed by atoms with Crippen molar-refractivity contribution in [3.63, 3.8) is 0 Å². The third-order valence-corrected chi connectivity index (χ3v) is 6.89. The van der Waals surface area contributed by atoms with E-state index < -0.39 is 11.2 Å². The predicted octanol–water partition coefficient (Wildman–Crippen LogP) is 1.55. The highest BCUT2D eigenvalue weighted by Crippen LogP contribution is 2.24. The van der Waals surface area contributed by atoms with Gasteiger partial charge in [-0.1, -0.05) is 42.6 Å². The average molecular weight is 480 g/mol. The van der Waals surface area contributed by atoms with Crippen LogP contribution in [0.4, 0.5) is 0 Å². The number of carbonyl (C=O) groups excluding carboxylic acids is 1. The van der Waals surface area contributed by atoms with Crippen molar-refractivity contribution in [3.8, 4) is 17.2 Å². The number of hydrogen-bond acceptors (Lipinski definition) is 8. The molecule has 2 aliphatic rings. The number of hydrogen-bond donors (Lipinski definition) is 0. The number of amides is 1. The minimum atomic E-state index is -0.634. The molecule has 5 rings (SSSR count). The Bertz CT molecular complexity index is 1300. The SMILES string of the molecule is CCn1c(=O)c(-c2noc(C(=O)N3CCN(C4CCCCC4)CC3)n2)nn(-c2ccccc2)c1=O. The van der Waals surface area contributed by atoms with E-state index in [2.05, 4.69) is 20.1 Å². The average Bonchev–Trinajstić information content (AvgIpc) is 3.40. The molecule has 3 heterocycles. The largest absolute Gasteiger partial charge is 0.352 e. The first-order valence-electron chi connectivity index (χ1n) is 12.2. The van der Waals surface area contributed by atoms with Gasteiger partial charge in [0.2, 0.25) is 5.82 Å². The lowest BCUT2D eigenvalue weighted by Gasteiger charge is -2.40. The Morgan fingerprint density at radius 2 is 1.74 bits per heavy atom. The summed E-state index contributed by atoms with van der Waals surface area (Å²) in [5, 5.41) is 8.08. The Balaban J connectivity index is 1.37. The van der Waals surface area contributed by atoms with E-state index in [0.29, 0.717) is 24.8 Å². The maximum atomic E-state index is 13.0. The summed E-state index contributed by atoms with van der Waals surface area (Å²) < 4.78 is 7.42. The molecule has 2 fully saturated rings. The molecule has 1 saturated carbocycles. The fourth-order valence-corrected chi connectivity index (χ4v) is 4.95. The van der Waals surface area contributed by atoms with Crippen LogP contribution in [0.5, 0.6) is 0 Å². The van der Waals surface area contributed by atoms with Gasteiger partial charge in [0.1, 0.15) is 0 Å². The first-order valence-corrected chi connectivity index (χ1v) is 12.2. The minimum absolute atomic E-state index is 0.119. The predicted molar refractivity (Wildman–Crippen MR) is 127 cm³/mol. The van der Waals surface area contributed by atoms with Crippen LogP contribution in [-0.4, -0.2) is 72.4 Å². The lowest BCUT2D eigenvalue weighted by Crippen LogP contribution is -2.52. The molecule has 11 nitrogen and oxygen atoms in total. The van der Waals surface area contributed by atoms with Gasteiger partial charge in [-0.25, -0.2) is 4.79 Å². The topological polar surface area (TPSA) is 119 Å². The highest BCUT2D eigenvalue weighted by Gasteiger charge is 2.30. The summed E-state index contributed by atoms with van der Waals surface area (Å²) in [4.78, 5) is 47.1. The number of para-hydroxylation sites is 1. The van der Waals surface area contributed by atoms with Crippen LogP contribution in [0.15, 0.2) is 44.4 Å². The van der Waals surface area contributed by atoms with Crippen LogP contribution in [-0.2, 0) is 6.54 Å². The molecule has 184 valence electrons. The fraction of sp³-hybridized carbons (Fsp3) is 0.500. The molecule has 0 radical (unpaired) electrons. The zero-order valence-electron chi connectivity index (χ0n) is 19.8. The molecule has 11 heteroatoms. The maximum Gasteiger partial charge on any atom is 0.352 e. The van der Waals surface area contributed by atoms with E-state index in [0.717, 1.165) is 22.3 Å². The summed E-state index contributed by atoms with van der Waals surface area (Å²) in [6, 6.07) is 9.38. The highest BCUT2D eigenvalue weighted by molar-refractivity contribution is 5.90. The van der Waals surface area contributed by atoms with Gasteiger partial charge in [0.25, 0.3) is 5.56 Å². The Labute approximate surface area is 202 Å². The molecule has 0 bridgehead atoms. The van der Waals surface area contributed by atoms with E-state index in [4.69, 9.17) is 4.52 Å². The zero-order chi connectivity index (χ0) is 24.4. The Morgan fingerprint density at radius 1 is 1.03 bits per heavy atom. The molecule has 35 heavy (non-hydrogen) atoms. The summed E-state index contributed by atoms with van der Waals surface area (Å²) >= 11 is 0. The monoisotopic (exact) mass is 479 g/mol. The zero-order valence-corrected chi connectivity index (χ0v) is 19.8. The molecule has 3 aromatic rings. The summed E-state index contributed by atoms with van der Waals surface area (Å²) in [5.41, 5.74) is -0.856. The summed E-state index contributed by atoms with van der Waals surface area (Å²) in [7, 11) is 0. The van der Waals surface area contributed by atoms with Crippen LogP contribution in [0.25, 0.3) is 17.2 Å². The third kappa shape index (κ3) is 4.55. The molecule has 2 aromatic heterocycles. The van der Waals surface area contributed by atoms with Gasteiger partial charge in [0, 0.05) is 38.8 Å². The van der Waals surface area contributed by atoms with Crippen molar-refractivity contribution >= 4 is 5.91 Å². The van der Waals surface area contributed by atoms with Gasteiger partial charge in [0.15, 0.2) is 5.69 Å². The van der Waals surface area contributed by atoms with Crippen molar-refractivity contribution in [2.75, 3.05) is 26.2 Å². The molecule has 1 aromatic carbocycles. The Hall–Kier alpha value is -3.60. The number of piperazine rings is 1. The van der Waals surface area contributed by atoms with Crippen molar-refractivity contribution in [1.82, 2.24) is 34.3 Å². The number of aromatic nitrogens is 5. The smallest absolute Gasteiger partial charge is 0.332 e. The van der Waals surface area contributed by atoms with Gasteiger partial charge in [-0.2, -0.15) is 14.8 Å². The normalized spacial score (nSPS) is 17.6. The quantitative estimate of drug-likeness (QED) is 0.541. The second-order valence-electron chi connectivity index (χ2n) is 8.97. The standard InChI is InChI=1S/C24H29N7O4/c1-2-30-22(32)19(26-31(24(30)34)18-11-7-4-8-12-18)20-25-21(35-27-20)23(33)29-15-13-28(14-16-29)17-9-5-3-6-10-17/h4,7-8,11-12,17H,2-3,5-6,9-10,13-16H2,1H3. The van der Waals surface area contributed by atoms with Crippen LogP contribution in [0.3, 0.4) is 0 Å². The van der Waals surface area contributed by atoms with E-state index in [9.17, 15) is 14.4 Å². The van der Waals surface area contributed by atoms with E-state index in [1.807, 2.05) is 6.07 Å². The van der Waals surface area contributed by atoms with E-state index >= 15 is 0 Å². The molecule has 0 N–H and O–H groups in total. The van der Waals surface area contributed by atoms with Crippen LogP contribution in [0.1, 0.15) is 49.7 Å². The Morgan fingerprint density at radius 3 is 2.43 bits per heavy atom. The van der Waals surface area contributed by atoms with E-state index in [1.165, 1.54) is 32.1 Å². The van der Waals surface area contributed by atoms with Crippen molar-refractivity contribution in [2.45, 2.75) is 51.6 Å². The Kier molecular flexibility index (Phi) is 6.58. The molecular weight excluding hydrogens is 450 g/mol. The summed E-state index contributed by atoms with van der Waals surface area (Å²) in [5.74, 6) is -0.668. The summed E-state index contributed by atoms with van der Waals surface area (Å²) in [6.07, 6.45) is 6.33. The lowest BCUT2D eigenvalue weighted by atomic mass is 9.94. The van der Waals surface area contributed by atoms with E-state index in [-0.39, 0.29) is 29.9 Å². The maximum absolute atomic E-state index is 13.0. The molecule has 1 saturated heterocycles. The minimum Gasteiger partial charge on any atom is -0.332 e. The van der Waals surface area contributed by atoms with Gasteiger partial charge in [-0.05, 0) is 31.9 Å². The number of benzene rings is 1. The molecule has 1 aliphatic heterocycles. The van der Waals surface area contributed by atoms with E-state index in [1.54, 1.807) is 36.1 Å². The van der Waals surface area contributed by atoms with Gasteiger partial charge in [0.05, 0.1) is 5.69 Å². The molecule has 1 amide bonds. The lowest BCUT2D eigenvalue weighted by molar-refractivity contribution is 0.0483. The second kappa shape index (κ2) is 9.95. The molecule has 0 atom stereocenters. The van der Waals surface area contributed by atoms with Crippen molar-refractivity contribution < 1.29 is 9.32 Å². The van der Waals surface area contributed by atoms with Gasteiger partial charge in [-0.3, -0.25) is 19.1 Å². The number of nitrogens with zero attached hydrogens (tertiary/aromatic N) is 7. The molecule has 0 unspecified atom stereocenters. The van der Waals surface area contributed by atoms with Crippen LogP contribution >= 0.6 is 0 Å². The van der Waals surface area contributed by atoms with Crippen LogP contribution in [0, 0.1) is 0 Å². The van der Waals surface area contributed by atoms with Gasteiger partial charge >= 0.3 is 17.5 Å². The number of rotatable bonds is 5. The van der Waals surface area contributed by atoms with Gasteiger partial charge in [-0.15, -0.1) is 0 Å². The molecule has 0 spiro atoms. The second-order valence-corrected chi connectivity index (χ2v) is 8.97. The first-order chi connectivity index (χ1) is 17.1. The van der Waals surface area contributed by atoms with Crippen molar-refractivity contribution in [3.05, 3.63) is 57.1 Å². The van der Waals surface area contributed by atoms with Crippen LogP contribution < -0.4 is 11.2 Å². The number of carbonyl (C=O) groups is 1. The van der Waals surface area contributed by atoms with Crippen LogP contribution in [0.2, 0.25) is 0 Å². The summed E-state index contributed by atoms with van der Waals surface area (Å²) in [6.45, 7) is 4.67. The van der Waals surface area contributed by atoms with Crippen molar-refractivity contribution in [2.24, 2.45) is 0 Å². The van der Waals surface area contributed by atoms with Crippen molar-refractivity contribution in [1.29, 1.82) is 0 Å². The highest BCUT2D eigenvalue weighted by atomic mass is 16.5. The first kappa shape index (κ1) is 23.2.